The first-order valence-corrected chi connectivity index (χ1v) is 11.8. The summed E-state index contributed by atoms with van der Waals surface area (Å²) in [6.45, 7) is 5.48. The topological polar surface area (TPSA) is 86.9 Å². The molecule has 6 rings (SSSR count). The number of hydrogen-bond acceptors (Lipinski definition) is 8. The summed E-state index contributed by atoms with van der Waals surface area (Å²) in [6, 6.07) is 8.74. The molecule has 0 saturated heterocycles. The predicted molar refractivity (Wildman–Crippen MR) is 136 cm³/mol. The SMILES string of the molecule is C/C=N\N1C=CC(Oc2ccc(Nc3ncnc4ccc5c(c34)OCC3=[N+]5CCNC3)cc2F)=CC1. The highest BCUT2D eigenvalue weighted by molar-refractivity contribution is 6.00. The van der Waals surface area contributed by atoms with Crippen LogP contribution in [0.15, 0.2) is 65.9 Å². The Hall–Kier alpha value is -4.31. The van der Waals surface area contributed by atoms with Crippen LogP contribution < -0.4 is 20.1 Å². The smallest absolute Gasteiger partial charge is 0.248 e. The lowest BCUT2D eigenvalue weighted by molar-refractivity contribution is -0.449. The molecule has 0 radical (unpaired) electrons. The molecule has 0 spiro atoms. The van der Waals surface area contributed by atoms with Gasteiger partial charge in [0.05, 0.1) is 30.5 Å². The summed E-state index contributed by atoms with van der Waals surface area (Å²) in [5.74, 6) is 1.50. The van der Waals surface area contributed by atoms with Crippen molar-refractivity contribution in [2.24, 2.45) is 5.10 Å². The maximum absolute atomic E-state index is 15.0. The lowest BCUT2D eigenvalue weighted by atomic mass is 10.1. The third kappa shape index (κ3) is 4.16. The molecular weight excluding hydrogens is 461 g/mol. The molecule has 0 aliphatic carbocycles. The molecule has 9 nitrogen and oxygen atoms in total. The number of halogens is 1. The summed E-state index contributed by atoms with van der Waals surface area (Å²) in [7, 11) is 0. The summed E-state index contributed by atoms with van der Waals surface area (Å²) >= 11 is 0. The van der Waals surface area contributed by atoms with Gasteiger partial charge in [-0.15, -0.1) is 0 Å². The maximum atomic E-state index is 15.0. The Bertz CT molecular complexity index is 1460. The highest BCUT2D eigenvalue weighted by Gasteiger charge is 2.32. The zero-order chi connectivity index (χ0) is 24.5. The van der Waals surface area contributed by atoms with E-state index in [2.05, 4.69) is 30.3 Å². The number of hydrogen-bond donors (Lipinski definition) is 2. The van der Waals surface area contributed by atoms with Crippen molar-refractivity contribution in [3.05, 3.63) is 66.6 Å². The number of benzene rings is 2. The van der Waals surface area contributed by atoms with Crippen LogP contribution in [0.25, 0.3) is 10.9 Å². The number of aromatic nitrogens is 2. The van der Waals surface area contributed by atoms with Crippen LogP contribution in [-0.4, -0.2) is 64.3 Å². The normalized spacial score (nSPS) is 17.1. The molecule has 4 heterocycles. The van der Waals surface area contributed by atoms with Gasteiger partial charge in [-0.3, -0.25) is 5.01 Å². The third-order valence-corrected chi connectivity index (χ3v) is 6.21. The Morgan fingerprint density at radius 3 is 3.06 bits per heavy atom. The summed E-state index contributed by atoms with van der Waals surface area (Å²) in [6.07, 6.45) is 8.58. The van der Waals surface area contributed by atoms with E-state index in [1.165, 1.54) is 18.1 Å². The monoisotopic (exact) mass is 486 g/mol. The van der Waals surface area contributed by atoms with E-state index in [4.69, 9.17) is 9.47 Å². The largest absolute Gasteiger partial charge is 0.475 e. The van der Waals surface area contributed by atoms with Gasteiger partial charge < -0.3 is 20.1 Å². The van der Waals surface area contributed by atoms with E-state index < -0.39 is 5.82 Å². The highest BCUT2D eigenvalue weighted by atomic mass is 19.1. The standard InChI is InChI=1S/C26H25FN7O2/c1-2-31-33-10-7-19(8-11-33)36-23-6-3-17(13-20(23)27)32-26-24-21(29-16-30-26)4-5-22-25(24)35-15-18-14-28-9-12-34(18)22/h2-8,10,13,16,28H,9,11-12,14-15H2,1H3,(H,29,30,32)/q+1/b31-2-. The first-order chi connectivity index (χ1) is 17.7. The van der Waals surface area contributed by atoms with Crippen molar-refractivity contribution in [1.29, 1.82) is 0 Å². The molecule has 1 aromatic heterocycles. The molecular formula is C26H25FN7O2+. The number of allylic oxidation sites excluding steroid dienone is 1. The molecule has 3 aliphatic heterocycles. The second-order valence-electron chi connectivity index (χ2n) is 8.50. The molecule has 2 N–H and O–H groups in total. The molecule has 0 unspecified atom stereocenters. The van der Waals surface area contributed by atoms with E-state index in [0.717, 1.165) is 42.0 Å². The molecule has 2 aromatic carbocycles. The summed E-state index contributed by atoms with van der Waals surface area (Å²) in [4.78, 5) is 8.88. The lowest BCUT2D eigenvalue weighted by Gasteiger charge is -2.23. The van der Waals surface area contributed by atoms with Crippen LogP contribution in [0.3, 0.4) is 0 Å². The number of nitrogens with zero attached hydrogens (tertiary/aromatic N) is 5. The molecule has 3 aliphatic rings. The van der Waals surface area contributed by atoms with Gasteiger partial charge in [0.15, 0.2) is 24.7 Å². The van der Waals surface area contributed by atoms with Crippen molar-refractivity contribution in [1.82, 2.24) is 20.3 Å². The van der Waals surface area contributed by atoms with Gasteiger partial charge in [-0.25, -0.2) is 14.4 Å². The molecule has 0 bridgehead atoms. The van der Waals surface area contributed by atoms with Crippen LogP contribution in [0.1, 0.15) is 6.92 Å². The number of hydrazone groups is 1. The van der Waals surface area contributed by atoms with E-state index in [-0.39, 0.29) is 5.75 Å². The van der Waals surface area contributed by atoms with Gasteiger partial charge in [-0.2, -0.15) is 9.68 Å². The van der Waals surface area contributed by atoms with Gasteiger partial charge in [0.2, 0.25) is 17.1 Å². The first kappa shape index (κ1) is 22.2. The molecule has 182 valence electrons. The predicted octanol–water partition coefficient (Wildman–Crippen LogP) is 3.69. The molecule has 3 aromatic rings. The zero-order valence-corrected chi connectivity index (χ0v) is 19.7. The second-order valence-corrected chi connectivity index (χ2v) is 8.50. The van der Waals surface area contributed by atoms with Crippen LogP contribution in [0.2, 0.25) is 0 Å². The molecule has 10 heteroatoms. The Labute approximate surface area is 207 Å². The molecule has 36 heavy (non-hydrogen) atoms. The van der Waals surface area contributed by atoms with E-state index >= 15 is 0 Å². The highest BCUT2D eigenvalue weighted by Crippen LogP contribution is 2.41. The average Bonchev–Trinajstić information content (AvgIpc) is 2.91. The summed E-state index contributed by atoms with van der Waals surface area (Å²) in [5, 5.41) is 13.3. The quantitative estimate of drug-likeness (QED) is 0.420. The minimum Gasteiger partial charge on any atom is -0.475 e. The van der Waals surface area contributed by atoms with E-state index in [1.54, 1.807) is 35.6 Å². The maximum Gasteiger partial charge on any atom is 0.248 e. The Balaban J connectivity index is 1.27. The van der Waals surface area contributed by atoms with Gasteiger partial charge in [-0.05, 0) is 37.3 Å². The van der Waals surface area contributed by atoms with Crippen molar-refractivity contribution >= 4 is 40.0 Å². The van der Waals surface area contributed by atoms with E-state index in [9.17, 15) is 4.39 Å². The van der Waals surface area contributed by atoms with Gasteiger partial charge in [0.25, 0.3) is 0 Å². The zero-order valence-electron chi connectivity index (χ0n) is 19.7. The van der Waals surface area contributed by atoms with Gasteiger partial charge in [-0.1, -0.05) is 0 Å². The minimum atomic E-state index is -0.486. The molecule has 0 saturated carbocycles. The summed E-state index contributed by atoms with van der Waals surface area (Å²) < 4.78 is 29.2. The van der Waals surface area contributed by atoms with Crippen molar-refractivity contribution in [2.75, 3.05) is 38.1 Å². The lowest BCUT2D eigenvalue weighted by Crippen LogP contribution is -2.44. The Morgan fingerprint density at radius 1 is 1.28 bits per heavy atom. The summed E-state index contributed by atoms with van der Waals surface area (Å²) in [5.41, 5.74) is 3.49. The van der Waals surface area contributed by atoms with Crippen LogP contribution in [0.4, 0.5) is 21.6 Å². The van der Waals surface area contributed by atoms with Gasteiger partial charge in [0.1, 0.15) is 17.9 Å². The Morgan fingerprint density at radius 2 is 2.22 bits per heavy atom. The average molecular weight is 487 g/mol. The minimum absolute atomic E-state index is 0.138. The number of rotatable bonds is 5. The Kier molecular flexibility index (Phi) is 5.78. The van der Waals surface area contributed by atoms with E-state index in [0.29, 0.717) is 30.4 Å². The van der Waals surface area contributed by atoms with Crippen molar-refractivity contribution in [3.8, 4) is 11.5 Å². The fourth-order valence-corrected chi connectivity index (χ4v) is 4.52. The van der Waals surface area contributed by atoms with Crippen LogP contribution >= 0.6 is 0 Å². The fourth-order valence-electron chi connectivity index (χ4n) is 4.52. The van der Waals surface area contributed by atoms with Gasteiger partial charge in [0, 0.05) is 30.2 Å². The third-order valence-electron chi connectivity index (χ3n) is 6.21. The second kappa shape index (κ2) is 9.38. The molecule has 0 amide bonds. The van der Waals surface area contributed by atoms with Crippen molar-refractivity contribution in [3.63, 3.8) is 0 Å². The fraction of sp³-hybridized carbons (Fsp3) is 0.231. The molecule has 0 atom stereocenters. The van der Waals surface area contributed by atoms with Crippen molar-refractivity contribution < 1.29 is 18.4 Å². The van der Waals surface area contributed by atoms with Crippen LogP contribution in [-0.2, 0) is 0 Å². The van der Waals surface area contributed by atoms with Crippen LogP contribution in [0.5, 0.6) is 11.5 Å². The number of fused-ring (bicyclic) bond motifs is 4. The number of nitrogens with one attached hydrogen (secondary N) is 2. The van der Waals surface area contributed by atoms with Crippen molar-refractivity contribution in [2.45, 2.75) is 6.92 Å². The first-order valence-electron chi connectivity index (χ1n) is 11.8. The van der Waals surface area contributed by atoms with Gasteiger partial charge >= 0.3 is 0 Å². The number of anilines is 2. The molecule has 0 fully saturated rings. The van der Waals surface area contributed by atoms with Crippen LogP contribution in [0, 0.1) is 5.82 Å². The number of ether oxygens (including phenoxy) is 2. The van der Waals surface area contributed by atoms with E-state index in [1.807, 2.05) is 25.1 Å².